The van der Waals surface area contributed by atoms with E-state index in [4.69, 9.17) is 11.6 Å². The maximum atomic E-state index is 14.6. The summed E-state index contributed by atoms with van der Waals surface area (Å²) in [6.07, 6.45) is -3.55. The fourth-order valence-electron chi connectivity index (χ4n) is 3.31. The third kappa shape index (κ3) is 4.09. The summed E-state index contributed by atoms with van der Waals surface area (Å²) in [5, 5.41) is 3.34. The van der Waals surface area contributed by atoms with Crippen LogP contribution in [0.5, 0.6) is 0 Å². The molecular formula is C20H14ClF4N7O2. The number of aliphatic imine (C=N–C) groups is 1. The minimum absolute atomic E-state index is 0.0211. The lowest BCUT2D eigenvalue weighted by Gasteiger charge is -2.17. The molecule has 3 heterocycles. The van der Waals surface area contributed by atoms with Gasteiger partial charge in [0.1, 0.15) is 11.7 Å². The Labute approximate surface area is 193 Å². The zero-order valence-corrected chi connectivity index (χ0v) is 18.2. The standard InChI is InChI=1S/C20H14ClF4N7O2/c1-8-18-28-17(19(34)30-29-9(2)33)31-32(18)12-6-5-10(20(23,24)25)14(21)13(12)16(27-8)15-11(22)4-3-7-26-15/h3-8H,1-2H3,(H,29,33)(H,30,34). The van der Waals surface area contributed by atoms with Crippen molar-refractivity contribution in [2.75, 3.05) is 0 Å². The Bertz CT molecular complexity index is 1350. The molecule has 2 N–H and O–H groups in total. The zero-order valence-electron chi connectivity index (χ0n) is 17.4. The van der Waals surface area contributed by atoms with E-state index in [9.17, 15) is 27.2 Å². The van der Waals surface area contributed by atoms with Crippen LogP contribution in [0.2, 0.25) is 5.02 Å². The number of hydrogen-bond donors (Lipinski definition) is 2. The topological polar surface area (TPSA) is 114 Å². The molecule has 0 aliphatic carbocycles. The van der Waals surface area contributed by atoms with Crippen LogP contribution in [0.4, 0.5) is 17.6 Å². The fourth-order valence-corrected chi connectivity index (χ4v) is 3.67. The number of carbonyl (C=O) groups excluding carboxylic acids is 2. The number of pyridine rings is 1. The van der Waals surface area contributed by atoms with Gasteiger partial charge in [0.2, 0.25) is 11.7 Å². The van der Waals surface area contributed by atoms with Gasteiger partial charge in [-0.25, -0.2) is 14.1 Å². The van der Waals surface area contributed by atoms with Crippen LogP contribution in [-0.2, 0) is 11.0 Å². The highest BCUT2D eigenvalue weighted by Gasteiger charge is 2.38. The van der Waals surface area contributed by atoms with E-state index in [0.29, 0.717) is 0 Å². The van der Waals surface area contributed by atoms with Crippen molar-refractivity contribution < 1.29 is 27.2 Å². The Morgan fingerprint density at radius 2 is 1.91 bits per heavy atom. The number of alkyl halides is 3. The first-order valence-electron chi connectivity index (χ1n) is 9.62. The van der Waals surface area contributed by atoms with Crippen LogP contribution in [0.1, 0.15) is 53.2 Å². The van der Waals surface area contributed by atoms with Crippen molar-refractivity contribution in [2.45, 2.75) is 26.1 Å². The molecule has 1 atom stereocenters. The molecule has 9 nitrogen and oxygen atoms in total. The largest absolute Gasteiger partial charge is 0.417 e. The summed E-state index contributed by atoms with van der Waals surface area (Å²) in [5.41, 5.74) is 2.17. The Balaban J connectivity index is 1.97. The molecule has 4 rings (SSSR count). The lowest BCUT2D eigenvalue weighted by atomic mass is 10.0. The molecule has 0 saturated heterocycles. The summed E-state index contributed by atoms with van der Waals surface area (Å²) in [5.74, 6) is -2.57. The molecule has 1 aliphatic rings. The lowest BCUT2D eigenvalue weighted by molar-refractivity contribution is -0.137. The second-order valence-corrected chi connectivity index (χ2v) is 7.53. The van der Waals surface area contributed by atoms with Gasteiger partial charge >= 0.3 is 12.1 Å². The fraction of sp³-hybridized carbons (Fsp3) is 0.200. The van der Waals surface area contributed by atoms with Gasteiger partial charge < -0.3 is 0 Å². The van der Waals surface area contributed by atoms with Crippen molar-refractivity contribution >= 4 is 29.1 Å². The van der Waals surface area contributed by atoms with Crippen LogP contribution in [0.25, 0.3) is 5.69 Å². The molecule has 0 bridgehead atoms. The predicted octanol–water partition coefficient (Wildman–Crippen LogP) is 3.17. The summed E-state index contributed by atoms with van der Waals surface area (Å²) in [6.45, 7) is 2.70. The van der Waals surface area contributed by atoms with E-state index in [-0.39, 0.29) is 34.3 Å². The summed E-state index contributed by atoms with van der Waals surface area (Å²) in [6, 6.07) is 3.32. The monoisotopic (exact) mass is 495 g/mol. The molecule has 14 heteroatoms. The van der Waals surface area contributed by atoms with Crippen molar-refractivity contribution in [1.29, 1.82) is 0 Å². The smallest absolute Gasteiger partial charge is 0.274 e. The van der Waals surface area contributed by atoms with Crippen molar-refractivity contribution in [3.63, 3.8) is 0 Å². The Hall–Kier alpha value is -3.87. The molecular weight excluding hydrogens is 482 g/mol. The average Bonchev–Trinajstić information content (AvgIpc) is 3.16. The van der Waals surface area contributed by atoms with Gasteiger partial charge in [0.25, 0.3) is 0 Å². The highest BCUT2D eigenvalue weighted by atomic mass is 35.5. The minimum atomic E-state index is -4.81. The molecule has 1 unspecified atom stereocenters. The zero-order chi connectivity index (χ0) is 24.8. The summed E-state index contributed by atoms with van der Waals surface area (Å²) >= 11 is 6.21. The summed E-state index contributed by atoms with van der Waals surface area (Å²) < 4.78 is 56.6. The van der Waals surface area contributed by atoms with Crippen LogP contribution >= 0.6 is 11.6 Å². The first-order chi connectivity index (χ1) is 16.0. The van der Waals surface area contributed by atoms with Gasteiger partial charge in [0, 0.05) is 18.7 Å². The molecule has 3 aromatic rings. The third-order valence-electron chi connectivity index (χ3n) is 4.76. The van der Waals surface area contributed by atoms with Crippen LogP contribution in [0.15, 0.2) is 35.5 Å². The van der Waals surface area contributed by atoms with Crippen molar-refractivity contribution in [1.82, 2.24) is 30.6 Å². The van der Waals surface area contributed by atoms with E-state index >= 15 is 0 Å². The number of halogens is 5. The van der Waals surface area contributed by atoms with Crippen LogP contribution in [0, 0.1) is 5.82 Å². The molecule has 0 spiro atoms. The predicted molar refractivity (Wildman–Crippen MR) is 111 cm³/mol. The molecule has 2 aromatic heterocycles. The number of nitrogens with zero attached hydrogens (tertiary/aromatic N) is 5. The van der Waals surface area contributed by atoms with Crippen molar-refractivity contribution in [3.8, 4) is 5.69 Å². The average molecular weight is 496 g/mol. The quantitative estimate of drug-likeness (QED) is 0.419. The van der Waals surface area contributed by atoms with E-state index in [1.54, 1.807) is 0 Å². The number of hydrogen-bond acceptors (Lipinski definition) is 6. The van der Waals surface area contributed by atoms with E-state index in [2.05, 4.69) is 30.9 Å². The summed E-state index contributed by atoms with van der Waals surface area (Å²) in [7, 11) is 0. The molecule has 34 heavy (non-hydrogen) atoms. The molecule has 1 aliphatic heterocycles. The number of fused-ring (bicyclic) bond motifs is 3. The van der Waals surface area contributed by atoms with Gasteiger partial charge in [-0.15, -0.1) is 5.10 Å². The first kappa shape index (κ1) is 23.3. The first-order valence-corrected chi connectivity index (χ1v) is 9.99. The highest BCUT2D eigenvalue weighted by Crippen LogP contribution is 2.41. The highest BCUT2D eigenvalue weighted by molar-refractivity contribution is 6.37. The number of nitrogens with one attached hydrogen (secondary N) is 2. The SMILES string of the molecule is CC(=O)NNC(=O)c1nc2n(n1)-c1ccc(C(F)(F)F)c(Cl)c1C(c1ncccc1F)=NC2C. The van der Waals surface area contributed by atoms with Gasteiger partial charge in [-0.1, -0.05) is 11.6 Å². The van der Waals surface area contributed by atoms with E-state index in [1.165, 1.54) is 26.1 Å². The normalized spacial score (nSPS) is 15.0. The molecule has 0 saturated carbocycles. The lowest BCUT2D eigenvalue weighted by Crippen LogP contribution is -2.40. The maximum absolute atomic E-state index is 14.6. The number of hydrazine groups is 1. The van der Waals surface area contributed by atoms with E-state index < -0.39 is 40.4 Å². The maximum Gasteiger partial charge on any atom is 0.417 e. The van der Waals surface area contributed by atoms with Crippen LogP contribution in [-0.4, -0.2) is 37.3 Å². The van der Waals surface area contributed by atoms with Crippen molar-refractivity contribution in [2.24, 2.45) is 4.99 Å². The van der Waals surface area contributed by atoms with E-state index in [0.717, 1.165) is 22.9 Å². The minimum Gasteiger partial charge on any atom is -0.274 e. The van der Waals surface area contributed by atoms with Gasteiger partial charge in [-0.3, -0.25) is 30.4 Å². The number of rotatable bonds is 2. The summed E-state index contributed by atoms with van der Waals surface area (Å²) in [4.78, 5) is 35.8. The Morgan fingerprint density at radius 1 is 1.18 bits per heavy atom. The number of carbonyl (C=O) groups is 2. The van der Waals surface area contributed by atoms with Gasteiger partial charge in [0.15, 0.2) is 11.6 Å². The van der Waals surface area contributed by atoms with Gasteiger partial charge in [-0.05, 0) is 31.2 Å². The molecule has 0 fully saturated rings. The van der Waals surface area contributed by atoms with Gasteiger partial charge in [-0.2, -0.15) is 13.2 Å². The van der Waals surface area contributed by atoms with Crippen LogP contribution in [0.3, 0.4) is 0 Å². The Morgan fingerprint density at radius 3 is 2.56 bits per heavy atom. The molecule has 2 amide bonds. The third-order valence-corrected chi connectivity index (χ3v) is 5.15. The van der Waals surface area contributed by atoms with Gasteiger partial charge in [0.05, 0.1) is 22.0 Å². The van der Waals surface area contributed by atoms with Crippen molar-refractivity contribution in [3.05, 3.63) is 69.8 Å². The molecule has 176 valence electrons. The van der Waals surface area contributed by atoms with E-state index in [1.807, 2.05) is 0 Å². The second-order valence-electron chi connectivity index (χ2n) is 7.15. The molecule has 1 aromatic carbocycles. The number of amides is 2. The second kappa shape index (κ2) is 8.48. The number of benzene rings is 1. The molecule has 0 radical (unpaired) electrons. The van der Waals surface area contributed by atoms with Crippen LogP contribution < -0.4 is 10.9 Å². The Kier molecular flexibility index (Phi) is 5.81. The number of aromatic nitrogens is 4.